The van der Waals surface area contributed by atoms with Gasteiger partial charge < -0.3 is 14.2 Å². The molecular weight excluding hydrogens is 392 g/mol. The summed E-state index contributed by atoms with van der Waals surface area (Å²) in [5.74, 6) is 0. The summed E-state index contributed by atoms with van der Waals surface area (Å²) in [6.07, 6.45) is 0.800. The largest absolute Gasteiger partial charge is 0.374 e. The maximum Gasteiger partial charge on any atom is 0.110 e. The van der Waals surface area contributed by atoms with Crippen molar-refractivity contribution in [1.82, 2.24) is 0 Å². The Morgan fingerprint density at radius 1 is 0.833 bits per heavy atom. The summed E-state index contributed by atoms with van der Waals surface area (Å²) in [4.78, 5) is 1.22. The quantitative estimate of drug-likeness (QED) is 0.424. The molecule has 3 atom stereocenters. The summed E-state index contributed by atoms with van der Waals surface area (Å²) in [6, 6.07) is 29.1. The Morgan fingerprint density at radius 3 is 2.13 bits per heavy atom. The zero-order valence-corrected chi connectivity index (χ0v) is 18.1. The first-order valence-corrected chi connectivity index (χ1v) is 11.3. The molecule has 1 aliphatic heterocycles. The van der Waals surface area contributed by atoms with E-state index in [4.69, 9.17) is 14.2 Å². The molecule has 0 aliphatic carbocycles. The fourth-order valence-corrected chi connectivity index (χ4v) is 4.57. The number of ether oxygens (including phenoxy) is 3. The zero-order chi connectivity index (χ0) is 20.6. The fourth-order valence-electron chi connectivity index (χ4n) is 3.49. The van der Waals surface area contributed by atoms with Gasteiger partial charge in [-0.25, -0.2) is 0 Å². The highest BCUT2D eigenvalue weighted by atomic mass is 32.2. The van der Waals surface area contributed by atoms with Gasteiger partial charge in [0, 0.05) is 11.3 Å². The Labute approximate surface area is 183 Å². The molecule has 1 aliphatic rings. The van der Waals surface area contributed by atoms with Crippen molar-refractivity contribution < 1.29 is 14.2 Å². The topological polar surface area (TPSA) is 27.7 Å². The molecule has 3 nitrogen and oxygen atoms in total. The molecule has 0 radical (unpaired) electrons. The van der Waals surface area contributed by atoms with E-state index in [-0.39, 0.29) is 17.6 Å². The Kier molecular flexibility index (Phi) is 7.59. The summed E-state index contributed by atoms with van der Waals surface area (Å²) in [7, 11) is 0. The van der Waals surface area contributed by atoms with Crippen molar-refractivity contribution in [3.63, 3.8) is 0 Å². The van der Waals surface area contributed by atoms with E-state index in [1.54, 1.807) is 11.8 Å². The van der Waals surface area contributed by atoms with Gasteiger partial charge in [-0.05, 0) is 30.2 Å². The van der Waals surface area contributed by atoms with Gasteiger partial charge in [-0.15, -0.1) is 0 Å². The summed E-state index contributed by atoms with van der Waals surface area (Å²) in [5, 5.41) is 0. The molecule has 3 aromatic rings. The van der Waals surface area contributed by atoms with E-state index < -0.39 is 0 Å². The van der Waals surface area contributed by atoms with Crippen molar-refractivity contribution in [3.8, 4) is 0 Å². The number of hydrogen-bond donors (Lipinski definition) is 0. The molecule has 1 heterocycles. The average molecular weight is 421 g/mol. The van der Waals surface area contributed by atoms with Crippen LogP contribution in [0.2, 0.25) is 0 Å². The van der Waals surface area contributed by atoms with Crippen LogP contribution in [0.15, 0.2) is 89.8 Å². The van der Waals surface area contributed by atoms with Crippen molar-refractivity contribution in [2.24, 2.45) is 0 Å². The molecular formula is C26H28O3S. The molecule has 156 valence electrons. The summed E-state index contributed by atoms with van der Waals surface area (Å²) in [5.41, 5.74) is 3.68. The molecule has 4 rings (SSSR count). The van der Waals surface area contributed by atoms with Crippen LogP contribution in [-0.4, -0.2) is 24.3 Å². The Bertz CT molecular complexity index is 883. The summed E-state index contributed by atoms with van der Waals surface area (Å²) in [6.45, 7) is 3.81. The van der Waals surface area contributed by atoms with E-state index >= 15 is 0 Å². The van der Waals surface area contributed by atoms with Crippen LogP contribution in [0, 0.1) is 6.92 Å². The van der Waals surface area contributed by atoms with Crippen LogP contribution < -0.4 is 0 Å². The number of thioether (sulfide) groups is 1. The predicted molar refractivity (Wildman–Crippen MR) is 121 cm³/mol. The molecule has 0 bridgehead atoms. The number of hydrogen-bond acceptors (Lipinski definition) is 4. The van der Waals surface area contributed by atoms with Crippen molar-refractivity contribution in [3.05, 3.63) is 102 Å². The van der Waals surface area contributed by atoms with Crippen LogP contribution in [0.5, 0.6) is 0 Å². The molecule has 1 unspecified atom stereocenters. The number of rotatable bonds is 9. The van der Waals surface area contributed by atoms with Crippen molar-refractivity contribution in [2.75, 3.05) is 6.61 Å². The van der Waals surface area contributed by atoms with Gasteiger partial charge in [0.1, 0.15) is 11.5 Å². The highest BCUT2D eigenvalue weighted by molar-refractivity contribution is 7.99. The second-order valence-corrected chi connectivity index (χ2v) is 8.84. The van der Waals surface area contributed by atoms with E-state index in [1.807, 2.05) is 36.4 Å². The molecule has 0 N–H and O–H groups in total. The SMILES string of the molecule is Cc1ccc(SC2C[C@H](OCc3ccccc3)[C@@H](COCc3ccccc3)O2)cc1. The minimum Gasteiger partial charge on any atom is -0.374 e. The predicted octanol–water partition coefficient (Wildman–Crippen LogP) is 6.00. The first kappa shape index (κ1) is 21.1. The average Bonchev–Trinajstić information content (AvgIpc) is 3.17. The van der Waals surface area contributed by atoms with Gasteiger partial charge in [0.05, 0.1) is 25.9 Å². The molecule has 1 fully saturated rings. The maximum atomic E-state index is 6.35. The van der Waals surface area contributed by atoms with Crippen LogP contribution in [0.3, 0.4) is 0 Å². The molecule has 0 spiro atoms. The van der Waals surface area contributed by atoms with Crippen molar-refractivity contribution in [1.29, 1.82) is 0 Å². The first-order chi connectivity index (χ1) is 14.8. The van der Waals surface area contributed by atoms with Gasteiger partial charge in [0.15, 0.2) is 0 Å². The Balaban J connectivity index is 1.35. The van der Waals surface area contributed by atoms with E-state index in [0.717, 1.165) is 6.42 Å². The highest BCUT2D eigenvalue weighted by Gasteiger charge is 2.36. The van der Waals surface area contributed by atoms with Crippen LogP contribution in [0.1, 0.15) is 23.1 Å². The normalized spacial score (nSPS) is 21.0. The summed E-state index contributed by atoms with van der Waals surface area (Å²) < 4.78 is 18.6. The van der Waals surface area contributed by atoms with E-state index in [0.29, 0.717) is 19.8 Å². The van der Waals surface area contributed by atoms with Crippen LogP contribution in [-0.2, 0) is 27.4 Å². The Morgan fingerprint density at radius 2 is 1.47 bits per heavy atom. The second kappa shape index (κ2) is 10.8. The lowest BCUT2D eigenvalue weighted by molar-refractivity contribution is -0.0623. The first-order valence-electron chi connectivity index (χ1n) is 10.4. The van der Waals surface area contributed by atoms with E-state index in [9.17, 15) is 0 Å². The lowest BCUT2D eigenvalue weighted by atomic mass is 10.2. The van der Waals surface area contributed by atoms with Crippen LogP contribution >= 0.6 is 11.8 Å². The number of benzene rings is 3. The lowest BCUT2D eigenvalue weighted by Crippen LogP contribution is -2.29. The third-order valence-electron chi connectivity index (χ3n) is 5.16. The smallest absolute Gasteiger partial charge is 0.110 e. The maximum absolute atomic E-state index is 6.35. The third kappa shape index (κ3) is 6.19. The zero-order valence-electron chi connectivity index (χ0n) is 17.3. The molecule has 3 aromatic carbocycles. The van der Waals surface area contributed by atoms with Gasteiger partial charge >= 0.3 is 0 Å². The summed E-state index contributed by atoms with van der Waals surface area (Å²) >= 11 is 1.76. The molecule has 0 aromatic heterocycles. The van der Waals surface area contributed by atoms with Gasteiger partial charge in [-0.2, -0.15) is 0 Å². The molecule has 4 heteroatoms. The van der Waals surface area contributed by atoms with Gasteiger partial charge in [-0.1, -0.05) is 90.1 Å². The van der Waals surface area contributed by atoms with E-state index in [2.05, 4.69) is 55.5 Å². The lowest BCUT2D eigenvalue weighted by Gasteiger charge is -2.19. The van der Waals surface area contributed by atoms with Gasteiger partial charge in [0.25, 0.3) is 0 Å². The van der Waals surface area contributed by atoms with Crippen molar-refractivity contribution >= 4 is 11.8 Å². The van der Waals surface area contributed by atoms with E-state index in [1.165, 1.54) is 21.6 Å². The minimum atomic E-state index is -0.0691. The molecule has 0 saturated carbocycles. The van der Waals surface area contributed by atoms with Crippen LogP contribution in [0.25, 0.3) is 0 Å². The van der Waals surface area contributed by atoms with Crippen molar-refractivity contribution in [2.45, 2.75) is 49.1 Å². The number of aryl methyl sites for hydroxylation is 1. The highest BCUT2D eigenvalue weighted by Crippen LogP contribution is 2.35. The van der Waals surface area contributed by atoms with Crippen LogP contribution in [0.4, 0.5) is 0 Å². The van der Waals surface area contributed by atoms with Gasteiger partial charge in [0.2, 0.25) is 0 Å². The monoisotopic (exact) mass is 420 g/mol. The fraction of sp³-hybridized carbons (Fsp3) is 0.308. The standard InChI is InChI=1S/C26H28O3S/c1-20-12-14-23(15-13-20)30-26-16-24(28-18-22-10-6-3-7-11-22)25(29-26)19-27-17-21-8-4-2-5-9-21/h2-15,24-26H,16-19H2,1H3/t24-,25+,26?/m0/s1. The minimum absolute atomic E-state index is 0.0175. The third-order valence-corrected chi connectivity index (χ3v) is 6.27. The molecule has 0 amide bonds. The second-order valence-electron chi connectivity index (χ2n) is 7.61. The molecule has 30 heavy (non-hydrogen) atoms. The Hall–Kier alpha value is -2.11. The molecule has 1 saturated heterocycles. The van der Waals surface area contributed by atoms with Gasteiger partial charge in [-0.3, -0.25) is 0 Å².